The fraction of sp³-hybridized carbons (Fsp3) is 0.389. The van der Waals surface area contributed by atoms with Gasteiger partial charge in [0.1, 0.15) is 18.5 Å². The monoisotopic (exact) mass is 361 g/mol. The van der Waals surface area contributed by atoms with Gasteiger partial charge in [-0.05, 0) is 25.1 Å². The molecule has 0 spiro atoms. The Morgan fingerprint density at radius 1 is 1.24 bits per heavy atom. The number of aromatic nitrogens is 1. The van der Waals surface area contributed by atoms with Crippen molar-refractivity contribution >= 4 is 16.9 Å². The Morgan fingerprint density at radius 2 is 2.08 bits per heavy atom. The van der Waals surface area contributed by atoms with Crippen molar-refractivity contribution in [3.8, 4) is 5.75 Å². The second kappa shape index (κ2) is 7.19. The number of nitrogens with one attached hydrogen (secondary N) is 1. The lowest BCUT2D eigenvalue weighted by Gasteiger charge is -2.41. The minimum absolute atomic E-state index is 0.138. The number of ether oxygens (including phenoxy) is 1. The van der Waals surface area contributed by atoms with Gasteiger partial charge in [-0.1, -0.05) is 0 Å². The summed E-state index contributed by atoms with van der Waals surface area (Å²) >= 11 is -1.29. The number of anilines is 1. The first-order valence-electron chi connectivity index (χ1n) is 8.44. The van der Waals surface area contributed by atoms with Crippen LogP contribution >= 0.6 is 0 Å². The summed E-state index contributed by atoms with van der Waals surface area (Å²) in [7, 11) is 0. The van der Waals surface area contributed by atoms with E-state index in [4.69, 9.17) is 4.74 Å². The lowest BCUT2D eigenvalue weighted by molar-refractivity contribution is 0.208. The molecule has 1 aromatic heterocycles. The number of hydrogen-bond acceptors (Lipinski definition) is 5. The number of rotatable bonds is 3. The van der Waals surface area contributed by atoms with Crippen LogP contribution in [0.15, 0.2) is 52.5 Å². The molecule has 1 N–H and O–H groups in total. The molecule has 1 saturated heterocycles. The normalized spacial score (nSPS) is 24.3. The highest BCUT2D eigenvalue weighted by molar-refractivity contribution is 7.91. The van der Waals surface area contributed by atoms with Gasteiger partial charge in [-0.2, -0.15) is 0 Å². The van der Waals surface area contributed by atoms with Gasteiger partial charge in [-0.25, -0.2) is 4.39 Å². The smallest absolute Gasteiger partial charge is 0.162 e. The Hall–Kier alpha value is -1.83. The third-order valence-electron chi connectivity index (χ3n) is 4.68. The van der Waals surface area contributed by atoms with Crippen LogP contribution in [0.5, 0.6) is 5.75 Å². The molecule has 3 unspecified atom stereocenters. The maximum absolute atomic E-state index is 14.4. The van der Waals surface area contributed by atoms with E-state index in [1.165, 1.54) is 0 Å². The minimum atomic E-state index is -1.29. The average Bonchev–Trinajstić information content (AvgIpc) is 2.68. The molecule has 0 bridgehead atoms. The van der Waals surface area contributed by atoms with Crippen LogP contribution in [0.3, 0.4) is 0 Å². The topological polar surface area (TPSA) is 60.5 Å². The largest absolute Gasteiger partial charge is 0.606 e. The number of pyridine rings is 1. The van der Waals surface area contributed by atoms with E-state index in [1.54, 1.807) is 24.5 Å². The third kappa shape index (κ3) is 3.31. The van der Waals surface area contributed by atoms with Crippen LogP contribution in [-0.2, 0) is 11.2 Å². The van der Waals surface area contributed by atoms with Crippen LogP contribution in [0.4, 0.5) is 10.1 Å². The minimum Gasteiger partial charge on any atom is -0.606 e. The average molecular weight is 361 g/mol. The molecule has 0 amide bonds. The first-order valence-corrected chi connectivity index (χ1v) is 9.59. The highest BCUT2D eigenvalue weighted by Gasteiger charge is 2.33. The molecule has 2 aliphatic rings. The van der Waals surface area contributed by atoms with E-state index in [2.05, 4.69) is 15.2 Å². The van der Waals surface area contributed by atoms with Crippen LogP contribution in [0, 0.1) is 0 Å². The van der Waals surface area contributed by atoms with E-state index in [1.807, 2.05) is 18.2 Å². The van der Waals surface area contributed by atoms with Crippen molar-refractivity contribution in [2.45, 2.75) is 28.4 Å². The highest BCUT2D eigenvalue weighted by atomic mass is 32.2. The quantitative estimate of drug-likeness (QED) is 0.849. The van der Waals surface area contributed by atoms with Crippen LogP contribution in [-0.4, -0.2) is 48.0 Å². The first-order chi connectivity index (χ1) is 12.2. The lowest BCUT2D eigenvalue weighted by atomic mass is 10.0. The van der Waals surface area contributed by atoms with Crippen molar-refractivity contribution in [2.24, 2.45) is 0 Å². The Bertz CT molecular complexity index is 734. The summed E-state index contributed by atoms with van der Waals surface area (Å²) in [6, 6.07) is 8.90. The molecule has 25 heavy (non-hydrogen) atoms. The van der Waals surface area contributed by atoms with E-state index < -0.39 is 17.3 Å². The standard InChI is InChI=1S/C18H20FN3O2S/c19-15-12-21-8-5-16(15)22-9-10-24-18-11-14(1-2-17(18)22)25(23)13-3-6-20-7-4-13/h1-4,6-7,11,15-16,21H,5,8-10,12H2. The molecule has 132 valence electrons. The number of halogens is 1. The summed E-state index contributed by atoms with van der Waals surface area (Å²) in [5.41, 5.74) is 0.885. The molecule has 2 aromatic rings. The maximum Gasteiger partial charge on any atom is 0.162 e. The van der Waals surface area contributed by atoms with E-state index in [-0.39, 0.29) is 6.04 Å². The summed E-state index contributed by atoms with van der Waals surface area (Å²) in [4.78, 5) is 7.43. The zero-order valence-corrected chi connectivity index (χ0v) is 14.5. The molecule has 7 heteroatoms. The van der Waals surface area contributed by atoms with Gasteiger partial charge < -0.3 is 19.5 Å². The Labute approximate surface area is 149 Å². The van der Waals surface area contributed by atoms with Crippen LogP contribution in [0.2, 0.25) is 0 Å². The van der Waals surface area contributed by atoms with Gasteiger partial charge in [0.15, 0.2) is 9.79 Å². The molecule has 1 fully saturated rings. The molecule has 0 aliphatic carbocycles. The van der Waals surface area contributed by atoms with Crippen molar-refractivity contribution in [3.05, 3.63) is 42.7 Å². The number of benzene rings is 1. The molecule has 0 saturated carbocycles. The molecule has 1 aromatic carbocycles. The summed E-state index contributed by atoms with van der Waals surface area (Å²) in [5.74, 6) is 0.678. The SMILES string of the molecule is [O-][S+](c1ccncc1)c1ccc2c(c1)OCCN2C1CCNCC1F. The highest BCUT2D eigenvalue weighted by Crippen LogP contribution is 2.37. The van der Waals surface area contributed by atoms with Crippen molar-refractivity contribution in [2.75, 3.05) is 31.1 Å². The second-order valence-corrected chi connectivity index (χ2v) is 7.68. The molecule has 0 radical (unpaired) electrons. The molecule has 2 aliphatic heterocycles. The van der Waals surface area contributed by atoms with Crippen molar-refractivity contribution in [3.63, 3.8) is 0 Å². The molecule has 3 heterocycles. The molecular weight excluding hydrogens is 341 g/mol. The number of piperidine rings is 1. The molecule has 5 nitrogen and oxygen atoms in total. The predicted octanol–water partition coefficient (Wildman–Crippen LogP) is 2.15. The molecule has 4 rings (SSSR count). The van der Waals surface area contributed by atoms with Crippen molar-refractivity contribution in [1.29, 1.82) is 0 Å². The summed E-state index contributed by atoms with van der Waals surface area (Å²) in [5, 5.41) is 3.09. The van der Waals surface area contributed by atoms with Crippen molar-refractivity contribution in [1.82, 2.24) is 10.3 Å². The Kier molecular flexibility index (Phi) is 4.78. The lowest BCUT2D eigenvalue weighted by Crippen LogP contribution is -2.53. The van der Waals surface area contributed by atoms with Gasteiger partial charge in [0.25, 0.3) is 0 Å². The predicted molar refractivity (Wildman–Crippen MR) is 94.4 cm³/mol. The van der Waals surface area contributed by atoms with E-state index in [0.717, 1.165) is 18.7 Å². The second-order valence-electron chi connectivity index (χ2n) is 6.20. The van der Waals surface area contributed by atoms with Gasteiger partial charge in [0.2, 0.25) is 0 Å². The molecule has 3 atom stereocenters. The zero-order valence-electron chi connectivity index (χ0n) is 13.7. The van der Waals surface area contributed by atoms with Crippen LogP contribution in [0.1, 0.15) is 6.42 Å². The Morgan fingerprint density at radius 3 is 2.88 bits per heavy atom. The van der Waals surface area contributed by atoms with Gasteiger partial charge in [0, 0.05) is 48.3 Å². The van der Waals surface area contributed by atoms with E-state index in [0.29, 0.717) is 35.2 Å². The summed E-state index contributed by atoms with van der Waals surface area (Å²) in [6.07, 6.45) is 3.13. The third-order valence-corrected chi connectivity index (χ3v) is 6.06. The van der Waals surface area contributed by atoms with E-state index >= 15 is 0 Å². The number of fused-ring (bicyclic) bond motifs is 1. The van der Waals surface area contributed by atoms with Gasteiger partial charge in [-0.15, -0.1) is 0 Å². The summed E-state index contributed by atoms with van der Waals surface area (Å²) in [6.45, 7) is 2.39. The van der Waals surface area contributed by atoms with Crippen LogP contribution in [0.25, 0.3) is 0 Å². The summed E-state index contributed by atoms with van der Waals surface area (Å²) < 4.78 is 32.8. The van der Waals surface area contributed by atoms with Gasteiger partial charge in [0.05, 0.1) is 18.3 Å². The maximum atomic E-state index is 14.4. The van der Waals surface area contributed by atoms with Crippen LogP contribution < -0.4 is 15.0 Å². The molecular formula is C18H20FN3O2S. The van der Waals surface area contributed by atoms with Gasteiger partial charge in [-0.3, -0.25) is 4.98 Å². The fourth-order valence-electron chi connectivity index (χ4n) is 3.44. The van der Waals surface area contributed by atoms with E-state index in [9.17, 15) is 8.94 Å². The van der Waals surface area contributed by atoms with Gasteiger partial charge >= 0.3 is 0 Å². The Balaban J connectivity index is 1.62. The van der Waals surface area contributed by atoms with Crippen molar-refractivity contribution < 1.29 is 13.7 Å². The number of alkyl halides is 1. The number of hydrogen-bond donors (Lipinski definition) is 1. The first kappa shape index (κ1) is 16.6. The zero-order chi connectivity index (χ0) is 17.2. The fourth-order valence-corrected chi connectivity index (χ4v) is 4.48. The number of nitrogens with zero attached hydrogens (tertiary/aromatic N) is 2.